The van der Waals surface area contributed by atoms with E-state index in [1.165, 1.54) is 4.88 Å². The average Bonchev–Trinajstić information content (AvgIpc) is 2.62. The third kappa shape index (κ3) is 4.59. The van der Waals surface area contributed by atoms with Gasteiger partial charge in [0.1, 0.15) is 0 Å². The Hall–Kier alpha value is -0.0900. The molecule has 0 fully saturated rings. The van der Waals surface area contributed by atoms with Crippen LogP contribution in [0.2, 0.25) is 4.34 Å². The van der Waals surface area contributed by atoms with Gasteiger partial charge in [0.2, 0.25) is 0 Å². The maximum atomic E-state index is 9.13. The summed E-state index contributed by atoms with van der Waals surface area (Å²) in [6.07, 6.45) is 0.771. The van der Waals surface area contributed by atoms with Crippen molar-refractivity contribution in [2.75, 3.05) is 6.61 Å². The standard InChI is InChI=1S/C13H22ClNOS/c1-9(10-5-6-12(14)17-10)15-11(7-8-16)13(2,3)4/h5-6,9,11,15-16H,7-8H2,1-4H3. The molecule has 0 bridgehead atoms. The summed E-state index contributed by atoms with van der Waals surface area (Å²) in [5.41, 5.74) is 0.137. The molecule has 0 saturated heterocycles. The van der Waals surface area contributed by atoms with Crippen LogP contribution in [-0.2, 0) is 0 Å². The van der Waals surface area contributed by atoms with Crippen LogP contribution in [0.15, 0.2) is 12.1 Å². The van der Waals surface area contributed by atoms with Crippen LogP contribution in [0.4, 0.5) is 0 Å². The summed E-state index contributed by atoms with van der Waals surface area (Å²) < 4.78 is 0.822. The first-order valence-electron chi connectivity index (χ1n) is 5.96. The minimum Gasteiger partial charge on any atom is -0.396 e. The van der Waals surface area contributed by atoms with Crippen molar-refractivity contribution < 1.29 is 5.11 Å². The zero-order valence-corrected chi connectivity index (χ0v) is 12.5. The fourth-order valence-corrected chi connectivity index (χ4v) is 2.91. The van der Waals surface area contributed by atoms with Crippen LogP contribution < -0.4 is 5.32 Å². The maximum absolute atomic E-state index is 9.13. The third-order valence-corrected chi connectivity index (χ3v) is 4.35. The van der Waals surface area contributed by atoms with Crippen LogP contribution in [-0.4, -0.2) is 17.8 Å². The number of nitrogens with one attached hydrogen (secondary N) is 1. The van der Waals surface area contributed by atoms with Crippen molar-refractivity contribution in [1.29, 1.82) is 0 Å². The fraction of sp³-hybridized carbons (Fsp3) is 0.692. The molecule has 0 amide bonds. The Morgan fingerprint density at radius 2 is 2.06 bits per heavy atom. The summed E-state index contributed by atoms with van der Waals surface area (Å²) in [6, 6.07) is 4.55. The van der Waals surface area contributed by atoms with Crippen molar-refractivity contribution in [3.63, 3.8) is 0 Å². The van der Waals surface area contributed by atoms with Gasteiger partial charge in [-0.15, -0.1) is 11.3 Å². The van der Waals surface area contributed by atoms with Crippen molar-refractivity contribution in [2.45, 2.75) is 46.2 Å². The molecule has 0 saturated carbocycles. The third-order valence-electron chi connectivity index (χ3n) is 2.94. The molecule has 1 aromatic heterocycles. The number of rotatable bonds is 5. The first-order valence-corrected chi connectivity index (χ1v) is 7.16. The Kier molecular flexibility index (Phi) is 5.45. The minimum absolute atomic E-state index is 0.137. The summed E-state index contributed by atoms with van der Waals surface area (Å²) in [5.74, 6) is 0. The smallest absolute Gasteiger partial charge is 0.0931 e. The predicted molar refractivity (Wildman–Crippen MR) is 75.8 cm³/mol. The lowest BCUT2D eigenvalue weighted by atomic mass is 9.84. The lowest BCUT2D eigenvalue weighted by Crippen LogP contribution is -2.42. The highest BCUT2D eigenvalue weighted by Gasteiger charge is 2.25. The molecule has 0 aliphatic heterocycles. The molecule has 0 spiro atoms. The van der Waals surface area contributed by atoms with E-state index in [9.17, 15) is 0 Å². The molecule has 2 N–H and O–H groups in total. The molecule has 0 aromatic carbocycles. The minimum atomic E-state index is 0.137. The molecule has 17 heavy (non-hydrogen) atoms. The van der Waals surface area contributed by atoms with Crippen LogP contribution in [0, 0.1) is 5.41 Å². The van der Waals surface area contributed by atoms with E-state index >= 15 is 0 Å². The molecule has 0 aliphatic rings. The van der Waals surface area contributed by atoms with E-state index in [0.29, 0.717) is 6.04 Å². The summed E-state index contributed by atoms with van der Waals surface area (Å²) in [7, 11) is 0. The van der Waals surface area contributed by atoms with Gasteiger partial charge < -0.3 is 10.4 Å². The first-order chi connectivity index (χ1) is 7.84. The molecule has 98 valence electrons. The van der Waals surface area contributed by atoms with Crippen molar-refractivity contribution >= 4 is 22.9 Å². The zero-order valence-electron chi connectivity index (χ0n) is 11.0. The average molecular weight is 276 g/mol. The molecule has 2 atom stereocenters. The van der Waals surface area contributed by atoms with E-state index in [4.69, 9.17) is 16.7 Å². The van der Waals surface area contributed by atoms with Crippen molar-refractivity contribution in [3.05, 3.63) is 21.3 Å². The molecule has 0 radical (unpaired) electrons. The zero-order chi connectivity index (χ0) is 13.1. The Bertz CT molecular complexity index is 345. The summed E-state index contributed by atoms with van der Waals surface area (Å²) in [4.78, 5) is 1.24. The Morgan fingerprint density at radius 1 is 1.41 bits per heavy atom. The predicted octanol–water partition coefficient (Wildman–Crippen LogP) is 3.85. The van der Waals surface area contributed by atoms with Gasteiger partial charge >= 0.3 is 0 Å². The Balaban J connectivity index is 2.67. The molecular formula is C13H22ClNOS. The van der Waals surface area contributed by atoms with E-state index in [0.717, 1.165) is 10.8 Å². The Morgan fingerprint density at radius 3 is 2.47 bits per heavy atom. The highest BCUT2D eigenvalue weighted by molar-refractivity contribution is 7.16. The van der Waals surface area contributed by atoms with Gasteiger partial charge in [-0.05, 0) is 30.9 Å². The molecule has 2 unspecified atom stereocenters. The molecule has 1 aromatic rings. The maximum Gasteiger partial charge on any atom is 0.0931 e. The van der Waals surface area contributed by atoms with E-state index < -0.39 is 0 Å². The van der Waals surface area contributed by atoms with Gasteiger partial charge in [-0.3, -0.25) is 0 Å². The van der Waals surface area contributed by atoms with E-state index in [1.54, 1.807) is 11.3 Å². The van der Waals surface area contributed by atoms with Crippen molar-refractivity contribution in [1.82, 2.24) is 5.32 Å². The van der Waals surface area contributed by atoms with Crippen LogP contribution in [0.1, 0.15) is 45.0 Å². The van der Waals surface area contributed by atoms with Crippen molar-refractivity contribution in [2.24, 2.45) is 5.41 Å². The molecular weight excluding hydrogens is 254 g/mol. The van der Waals surface area contributed by atoms with Gasteiger partial charge in [0, 0.05) is 23.6 Å². The van der Waals surface area contributed by atoms with Gasteiger partial charge in [-0.25, -0.2) is 0 Å². The lowest BCUT2D eigenvalue weighted by Gasteiger charge is -2.33. The van der Waals surface area contributed by atoms with E-state index in [2.05, 4.69) is 39.1 Å². The number of halogens is 1. The second-order valence-electron chi connectivity index (χ2n) is 5.46. The van der Waals surface area contributed by atoms with Gasteiger partial charge in [-0.1, -0.05) is 32.4 Å². The van der Waals surface area contributed by atoms with Gasteiger partial charge in [0.15, 0.2) is 0 Å². The fourth-order valence-electron chi connectivity index (χ4n) is 1.84. The van der Waals surface area contributed by atoms with Gasteiger partial charge in [0.05, 0.1) is 4.34 Å². The first kappa shape index (κ1) is 15.0. The molecule has 4 heteroatoms. The summed E-state index contributed by atoms with van der Waals surface area (Å²) >= 11 is 7.55. The topological polar surface area (TPSA) is 32.3 Å². The van der Waals surface area contributed by atoms with Crippen LogP contribution in [0.25, 0.3) is 0 Å². The van der Waals surface area contributed by atoms with Gasteiger partial charge in [0.25, 0.3) is 0 Å². The lowest BCUT2D eigenvalue weighted by molar-refractivity contribution is 0.188. The second kappa shape index (κ2) is 6.19. The van der Waals surface area contributed by atoms with E-state index in [-0.39, 0.29) is 18.1 Å². The largest absolute Gasteiger partial charge is 0.396 e. The van der Waals surface area contributed by atoms with Crippen LogP contribution in [0.3, 0.4) is 0 Å². The number of hydrogen-bond donors (Lipinski definition) is 2. The molecule has 2 nitrogen and oxygen atoms in total. The number of aliphatic hydroxyl groups is 1. The SMILES string of the molecule is CC(NC(CCO)C(C)(C)C)c1ccc(Cl)s1. The normalized spacial score (nSPS) is 15.9. The number of aliphatic hydroxyl groups excluding tert-OH is 1. The van der Waals surface area contributed by atoms with Crippen LogP contribution in [0.5, 0.6) is 0 Å². The quantitative estimate of drug-likeness (QED) is 0.856. The van der Waals surface area contributed by atoms with Crippen molar-refractivity contribution in [3.8, 4) is 0 Å². The highest BCUT2D eigenvalue weighted by Crippen LogP contribution is 2.29. The number of hydrogen-bond acceptors (Lipinski definition) is 3. The highest BCUT2D eigenvalue weighted by atomic mass is 35.5. The number of thiophene rings is 1. The second-order valence-corrected chi connectivity index (χ2v) is 7.21. The van der Waals surface area contributed by atoms with E-state index in [1.807, 2.05) is 6.07 Å². The molecule has 0 aliphatic carbocycles. The van der Waals surface area contributed by atoms with Crippen LogP contribution >= 0.6 is 22.9 Å². The molecule has 1 heterocycles. The van der Waals surface area contributed by atoms with Gasteiger partial charge in [-0.2, -0.15) is 0 Å². The Labute approximate surface area is 113 Å². The molecule has 1 rings (SSSR count). The summed E-state index contributed by atoms with van der Waals surface area (Å²) in [5, 5.41) is 12.7. The summed E-state index contributed by atoms with van der Waals surface area (Å²) in [6.45, 7) is 8.92. The monoisotopic (exact) mass is 275 g/mol.